The van der Waals surface area contributed by atoms with Crippen molar-refractivity contribution in [3.8, 4) is 11.3 Å². The van der Waals surface area contributed by atoms with Crippen molar-refractivity contribution in [1.29, 1.82) is 0 Å². The van der Waals surface area contributed by atoms with Gasteiger partial charge in [-0.3, -0.25) is 4.40 Å². The normalized spacial score (nSPS) is 11.1. The highest BCUT2D eigenvalue weighted by Gasteiger charge is 2.23. The molecule has 0 fully saturated rings. The van der Waals surface area contributed by atoms with Gasteiger partial charge in [-0.15, -0.1) is 11.3 Å². The van der Waals surface area contributed by atoms with Crippen LogP contribution in [0.2, 0.25) is 0 Å². The summed E-state index contributed by atoms with van der Waals surface area (Å²) in [6.45, 7) is 4.04. The van der Waals surface area contributed by atoms with Gasteiger partial charge >= 0.3 is 5.97 Å². The summed E-state index contributed by atoms with van der Waals surface area (Å²) in [7, 11) is 0. The number of fused-ring (bicyclic) bond motifs is 1. The Morgan fingerprint density at radius 1 is 1.35 bits per heavy atom. The second-order valence-corrected chi connectivity index (χ2v) is 5.74. The number of rotatable bonds is 3. The third kappa shape index (κ3) is 1.82. The first-order valence-corrected chi connectivity index (χ1v) is 7.24. The fourth-order valence-corrected chi connectivity index (χ4v) is 3.53. The number of thiazole rings is 1. The number of imidazole rings is 1. The van der Waals surface area contributed by atoms with E-state index in [9.17, 15) is 9.90 Å². The lowest BCUT2D eigenvalue weighted by atomic mass is 10.1. The molecule has 0 saturated heterocycles. The first-order valence-electron chi connectivity index (χ1n) is 6.43. The molecule has 0 spiro atoms. The summed E-state index contributed by atoms with van der Waals surface area (Å²) >= 11 is 1.54. The predicted octanol–water partition coefficient (Wildman–Crippen LogP) is 3.63. The van der Waals surface area contributed by atoms with E-state index in [1.165, 1.54) is 11.3 Å². The van der Waals surface area contributed by atoms with Crippen LogP contribution in [0.5, 0.6) is 0 Å². The zero-order valence-electron chi connectivity index (χ0n) is 11.3. The van der Waals surface area contributed by atoms with Crippen molar-refractivity contribution in [2.24, 2.45) is 0 Å². The van der Waals surface area contributed by atoms with Crippen molar-refractivity contribution in [2.45, 2.75) is 20.3 Å². The second kappa shape index (κ2) is 4.76. The third-order valence-electron chi connectivity index (χ3n) is 3.35. The van der Waals surface area contributed by atoms with Crippen LogP contribution in [0.15, 0.2) is 30.3 Å². The largest absolute Gasteiger partial charge is 0.476 e. The summed E-state index contributed by atoms with van der Waals surface area (Å²) in [5.41, 5.74) is 2.66. The molecule has 0 aliphatic rings. The molecule has 2 aromatic heterocycles. The fourth-order valence-electron chi connectivity index (χ4n) is 2.47. The SMILES string of the molecule is CCc1c(C)sc2nc(-c3ccccc3)c(C(=O)O)n12. The standard InChI is InChI=1S/C15H14N2O2S/c1-3-11-9(2)20-15-16-12(10-7-5-4-6-8-10)13(14(18)19)17(11)15/h4-8H,3H2,1-2H3,(H,18,19). The van der Waals surface area contributed by atoms with Crippen LogP contribution in [0.25, 0.3) is 16.2 Å². The Kier molecular flexibility index (Phi) is 3.06. The lowest BCUT2D eigenvalue weighted by Gasteiger charge is -2.02. The highest BCUT2D eigenvalue weighted by Crippen LogP contribution is 2.31. The topological polar surface area (TPSA) is 54.6 Å². The summed E-state index contributed by atoms with van der Waals surface area (Å²) in [5.74, 6) is -0.941. The Hall–Kier alpha value is -2.14. The maximum Gasteiger partial charge on any atom is 0.355 e. The van der Waals surface area contributed by atoms with Crippen LogP contribution in [0.1, 0.15) is 28.0 Å². The van der Waals surface area contributed by atoms with Gasteiger partial charge in [0, 0.05) is 16.1 Å². The van der Waals surface area contributed by atoms with Gasteiger partial charge in [0.1, 0.15) is 5.69 Å². The number of aromatic nitrogens is 2. The van der Waals surface area contributed by atoms with Gasteiger partial charge in [-0.25, -0.2) is 9.78 Å². The monoisotopic (exact) mass is 286 g/mol. The van der Waals surface area contributed by atoms with Crippen molar-refractivity contribution in [3.63, 3.8) is 0 Å². The van der Waals surface area contributed by atoms with Crippen LogP contribution in [-0.2, 0) is 6.42 Å². The van der Waals surface area contributed by atoms with Gasteiger partial charge in [0.2, 0.25) is 0 Å². The molecule has 5 heteroatoms. The van der Waals surface area contributed by atoms with Gasteiger partial charge in [-0.1, -0.05) is 37.3 Å². The lowest BCUT2D eigenvalue weighted by Crippen LogP contribution is -2.05. The minimum absolute atomic E-state index is 0.257. The number of carbonyl (C=O) groups is 1. The number of nitrogens with zero attached hydrogens (tertiary/aromatic N) is 2. The van der Waals surface area contributed by atoms with E-state index >= 15 is 0 Å². The molecule has 1 aromatic carbocycles. The molecule has 0 unspecified atom stereocenters. The number of carboxylic acid groups (broad SMARTS) is 1. The molecule has 2 heterocycles. The Morgan fingerprint density at radius 3 is 2.65 bits per heavy atom. The average Bonchev–Trinajstić information content (AvgIpc) is 2.93. The molecule has 0 amide bonds. The van der Waals surface area contributed by atoms with Crippen molar-refractivity contribution in [3.05, 3.63) is 46.6 Å². The van der Waals surface area contributed by atoms with Gasteiger partial charge < -0.3 is 5.11 Å². The van der Waals surface area contributed by atoms with Gasteiger partial charge in [-0.2, -0.15) is 0 Å². The molecular weight excluding hydrogens is 272 g/mol. The van der Waals surface area contributed by atoms with Crippen molar-refractivity contribution in [2.75, 3.05) is 0 Å². The van der Waals surface area contributed by atoms with E-state index in [-0.39, 0.29) is 5.69 Å². The minimum Gasteiger partial charge on any atom is -0.476 e. The van der Waals surface area contributed by atoms with Crippen LogP contribution in [-0.4, -0.2) is 20.5 Å². The minimum atomic E-state index is -0.941. The highest BCUT2D eigenvalue weighted by atomic mass is 32.1. The summed E-state index contributed by atoms with van der Waals surface area (Å²) in [6.07, 6.45) is 0.788. The van der Waals surface area contributed by atoms with E-state index in [2.05, 4.69) is 4.98 Å². The van der Waals surface area contributed by atoms with E-state index in [0.717, 1.165) is 27.5 Å². The zero-order chi connectivity index (χ0) is 14.3. The predicted molar refractivity (Wildman–Crippen MR) is 79.6 cm³/mol. The van der Waals surface area contributed by atoms with Gasteiger partial charge in [0.25, 0.3) is 0 Å². The van der Waals surface area contributed by atoms with E-state index in [1.54, 1.807) is 4.40 Å². The molecule has 20 heavy (non-hydrogen) atoms. The fraction of sp³-hybridized carbons (Fsp3) is 0.200. The Morgan fingerprint density at radius 2 is 2.05 bits per heavy atom. The second-order valence-electron chi connectivity index (χ2n) is 4.56. The molecular formula is C15H14N2O2S. The Bertz CT molecular complexity index is 787. The van der Waals surface area contributed by atoms with Crippen LogP contribution in [0, 0.1) is 6.92 Å². The van der Waals surface area contributed by atoms with Crippen LogP contribution in [0.4, 0.5) is 0 Å². The molecule has 0 saturated carbocycles. The molecule has 102 valence electrons. The quantitative estimate of drug-likeness (QED) is 0.800. The zero-order valence-corrected chi connectivity index (χ0v) is 12.1. The van der Waals surface area contributed by atoms with E-state index in [1.807, 2.05) is 44.2 Å². The maximum atomic E-state index is 11.7. The van der Waals surface area contributed by atoms with Crippen molar-refractivity contribution >= 4 is 22.3 Å². The number of benzene rings is 1. The molecule has 0 atom stereocenters. The van der Waals surface area contributed by atoms with Gasteiger partial charge in [0.15, 0.2) is 10.7 Å². The average molecular weight is 286 g/mol. The molecule has 0 radical (unpaired) electrons. The van der Waals surface area contributed by atoms with Crippen LogP contribution < -0.4 is 0 Å². The van der Waals surface area contributed by atoms with Crippen LogP contribution in [0.3, 0.4) is 0 Å². The van der Waals surface area contributed by atoms with E-state index in [4.69, 9.17) is 0 Å². The molecule has 1 N–H and O–H groups in total. The third-order valence-corrected chi connectivity index (χ3v) is 4.35. The van der Waals surface area contributed by atoms with Crippen molar-refractivity contribution < 1.29 is 9.90 Å². The first kappa shape index (κ1) is 12.9. The van der Waals surface area contributed by atoms with Gasteiger partial charge in [0.05, 0.1) is 0 Å². The molecule has 0 aliphatic carbocycles. The number of hydrogen-bond acceptors (Lipinski definition) is 3. The number of hydrogen-bond donors (Lipinski definition) is 1. The van der Waals surface area contributed by atoms with Crippen molar-refractivity contribution in [1.82, 2.24) is 9.38 Å². The number of aryl methyl sites for hydroxylation is 2. The summed E-state index contributed by atoms with van der Waals surface area (Å²) in [4.78, 5) is 18.1. The molecule has 3 rings (SSSR count). The lowest BCUT2D eigenvalue weighted by molar-refractivity contribution is 0.0690. The highest BCUT2D eigenvalue weighted by molar-refractivity contribution is 7.17. The number of carboxylic acids is 1. The smallest absolute Gasteiger partial charge is 0.355 e. The molecule has 3 aromatic rings. The number of aromatic carboxylic acids is 1. The van der Waals surface area contributed by atoms with Crippen LogP contribution >= 0.6 is 11.3 Å². The Balaban J connectivity index is 2.37. The Labute approximate surface area is 120 Å². The maximum absolute atomic E-state index is 11.7. The molecule has 0 bridgehead atoms. The molecule has 4 nitrogen and oxygen atoms in total. The van der Waals surface area contributed by atoms with Gasteiger partial charge in [-0.05, 0) is 13.3 Å². The first-order chi connectivity index (χ1) is 9.63. The summed E-state index contributed by atoms with van der Waals surface area (Å²) < 4.78 is 1.78. The summed E-state index contributed by atoms with van der Waals surface area (Å²) in [5, 5.41) is 9.59. The van der Waals surface area contributed by atoms with E-state index < -0.39 is 5.97 Å². The van der Waals surface area contributed by atoms with E-state index in [0.29, 0.717) is 5.69 Å². The summed E-state index contributed by atoms with van der Waals surface area (Å²) in [6, 6.07) is 9.46. The molecule has 0 aliphatic heterocycles.